The van der Waals surface area contributed by atoms with E-state index in [1.807, 2.05) is 13.8 Å². The molecule has 3 rings (SSSR count). The number of aromatic amines is 1. The average Bonchev–Trinajstić information content (AvgIpc) is 3.51. The summed E-state index contributed by atoms with van der Waals surface area (Å²) < 4.78 is 60.9. The van der Waals surface area contributed by atoms with Crippen molar-refractivity contribution in [2.75, 3.05) is 66.1 Å². The number of carbonyl (C=O) groups is 2. The topological polar surface area (TPSA) is 127 Å². The molecule has 0 fully saturated rings. The van der Waals surface area contributed by atoms with E-state index in [1.165, 1.54) is 13.0 Å². The van der Waals surface area contributed by atoms with Crippen molar-refractivity contribution in [3.63, 3.8) is 0 Å². The van der Waals surface area contributed by atoms with Gasteiger partial charge in [0.15, 0.2) is 0 Å². The van der Waals surface area contributed by atoms with E-state index in [1.54, 1.807) is 24.3 Å². The van der Waals surface area contributed by atoms with Crippen LogP contribution in [-0.4, -0.2) is 93.1 Å². The lowest BCUT2D eigenvalue weighted by molar-refractivity contribution is -0.00522. The minimum Gasteiger partial charge on any atom is -0.478 e. The highest BCUT2D eigenvalue weighted by atomic mass is 19.1. The SMILES string of the molecule is C=CCF.CC.Cc1c(F)ccc(F)c1-c1c(C(=O)O)c[nH]c1C(=O)c1ccc(CCOCCOCCOCCOCCO)cc1. The van der Waals surface area contributed by atoms with Crippen LogP contribution in [0, 0.1) is 18.6 Å². The van der Waals surface area contributed by atoms with E-state index < -0.39 is 30.1 Å². The molecule has 0 saturated heterocycles. The third-order valence-electron chi connectivity index (χ3n) is 6.15. The second kappa shape index (κ2) is 23.5. The maximum absolute atomic E-state index is 14.7. The largest absolute Gasteiger partial charge is 0.478 e. The van der Waals surface area contributed by atoms with E-state index in [2.05, 4.69) is 11.6 Å². The fourth-order valence-corrected chi connectivity index (χ4v) is 3.97. The number of alkyl halides is 1. The summed E-state index contributed by atoms with van der Waals surface area (Å²) in [6, 6.07) is 8.55. The Labute approximate surface area is 268 Å². The smallest absolute Gasteiger partial charge is 0.337 e. The molecule has 0 aliphatic carbocycles. The molecule has 254 valence electrons. The summed E-state index contributed by atoms with van der Waals surface area (Å²) in [5.41, 5.74) is 0.160. The van der Waals surface area contributed by atoms with Gasteiger partial charge in [0.25, 0.3) is 0 Å². The summed E-state index contributed by atoms with van der Waals surface area (Å²) in [6.07, 6.45) is 2.91. The molecule has 2 aromatic carbocycles. The molecule has 46 heavy (non-hydrogen) atoms. The van der Waals surface area contributed by atoms with E-state index in [0.717, 1.165) is 23.9 Å². The lowest BCUT2D eigenvalue weighted by Crippen LogP contribution is -2.13. The molecule has 0 saturated carbocycles. The molecule has 1 heterocycles. The second-order valence-electron chi connectivity index (χ2n) is 9.18. The lowest BCUT2D eigenvalue weighted by Gasteiger charge is -2.11. The summed E-state index contributed by atoms with van der Waals surface area (Å²) in [7, 11) is 0. The minimum absolute atomic E-state index is 0.0118. The van der Waals surface area contributed by atoms with Crippen LogP contribution in [0.5, 0.6) is 0 Å². The molecular weight excluding hydrogens is 607 g/mol. The summed E-state index contributed by atoms with van der Waals surface area (Å²) in [4.78, 5) is 27.7. The molecular formula is C34H44F3NO8. The first-order valence-electron chi connectivity index (χ1n) is 14.9. The number of carboxylic acid groups (broad SMARTS) is 1. The van der Waals surface area contributed by atoms with Gasteiger partial charge in [0.1, 0.15) is 18.3 Å². The summed E-state index contributed by atoms with van der Waals surface area (Å²) in [5.74, 6) is -3.46. The number of carbonyl (C=O) groups excluding carboxylic acids is 1. The van der Waals surface area contributed by atoms with Crippen LogP contribution in [0.4, 0.5) is 13.2 Å². The van der Waals surface area contributed by atoms with Gasteiger partial charge >= 0.3 is 5.97 Å². The number of allylic oxidation sites excluding steroid dienone is 1. The van der Waals surface area contributed by atoms with E-state index in [9.17, 15) is 27.9 Å². The first kappa shape index (κ1) is 40.2. The predicted molar refractivity (Wildman–Crippen MR) is 169 cm³/mol. The number of hydrogen-bond donors (Lipinski definition) is 3. The van der Waals surface area contributed by atoms with Crippen LogP contribution in [0.1, 0.15) is 51.4 Å². The van der Waals surface area contributed by atoms with Crippen LogP contribution in [0.25, 0.3) is 11.1 Å². The van der Waals surface area contributed by atoms with Crippen molar-refractivity contribution >= 4 is 11.8 Å². The van der Waals surface area contributed by atoms with Gasteiger partial charge in [-0.2, -0.15) is 0 Å². The van der Waals surface area contributed by atoms with E-state index in [4.69, 9.17) is 24.1 Å². The number of rotatable bonds is 19. The number of hydrogen-bond acceptors (Lipinski definition) is 7. The molecule has 0 atom stereocenters. The maximum atomic E-state index is 14.7. The number of ether oxygens (including phenoxy) is 4. The molecule has 0 aliphatic heterocycles. The molecule has 3 aromatic rings. The van der Waals surface area contributed by atoms with E-state index in [-0.39, 0.29) is 40.1 Å². The first-order valence-corrected chi connectivity index (χ1v) is 14.9. The van der Waals surface area contributed by atoms with Gasteiger partial charge in [-0.05, 0) is 36.6 Å². The molecule has 0 amide bonds. The quantitative estimate of drug-likeness (QED) is 0.0823. The lowest BCUT2D eigenvalue weighted by atomic mass is 9.93. The van der Waals surface area contributed by atoms with Crippen molar-refractivity contribution in [2.24, 2.45) is 0 Å². The Hall–Kier alpha value is -3.81. The number of aliphatic hydroxyl groups is 1. The summed E-state index contributed by atoms with van der Waals surface area (Å²) in [5, 5.41) is 18.2. The number of halogens is 3. The van der Waals surface area contributed by atoms with Gasteiger partial charge in [-0.3, -0.25) is 4.79 Å². The van der Waals surface area contributed by atoms with Crippen molar-refractivity contribution in [1.29, 1.82) is 0 Å². The highest BCUT2D eigenvalue weighted by Crippen LogP contribution is 2.35. The number of aromatic nitrogens is 1. The number of H-pyrrole nitrogens is 1. The Balaban J connectivity index is 0.00000163. The van der Waals surface area contributed by atoms with Crippen LogP contribution in [0.2, 0.25) is 0 Å². The summed E-state index contributed by atoms with van der Waals surface area (Å²) in [6.45, 7) is 11.3. The first-order chi connectivity index (χ1) is 22.3. The molecule has 1 aromatic heterocycles. The zero-order chi connectivity index (χ0) is 34.3. The molecule has 0 bridgehead atoms. The van der Waals surface area contributed by atoms with Gasteiger partial charge in [0.05, 0.1) is 70.7 Å². The number of aromatic carboxylic acids is 1. The second-order valence-corrected chi connectivity index (χ2v) is 9.18. The predicted octanol–water partition coefficient (Wildman–Crippen LogP) is 5.97. The van der Waals surface area contributed by atoms with Gasteiger partial charge in [-0.25, -0.2) is 18.0 Å². The number of ketones is 1. The van der Waals surface area contributed by atoms with Crippen LogP contribution in [-0.2, 0) is 25.4 Å². The van der Waals surface area contributed by atoms with E-state index >= 15 is 0 Å². The molecule has 0 unspecified atom stereocenters. The van der Waals surface area contributed by atoms with Crippen LogP contribution >= 0.6 is 0 Å². The number of nitrogens with one attached hydrogen (secondary N) is 1. The van der Waals surface area contributed by atoms with Gasteiger partial charge in [0, 0.05) is 22.9 Å². The summed E-state index contributed by atoms with van der Waals surface area (Å²) >= 11 is 0. The zero-order valence-corrected chi connectivity index (χ0v) is 26.6. The minimum atomic E-state index is -1.37. The Kier molecular flexibility index (Phi) is 20.6. The van der Waals surface area contributed by atoms with Crippen molar-refractivity contribution in [2.45, 2.75) is 27.2 Å². The fourth-order valence-electron chi connectivity index (χ4n) is 3.97. The molecule has 12 heteroatoms. The van der Waals surface area contributed by atoms with Crippen molar-refractivity contribution < 1.29 is 51.9 Å². The monoisotopic (exact) mass is 651 g/mol. The zero-order valence-electron chi connectivity index (χ0n) is 26.6. The molecule has 0 spiro atoms. The number of carboxylic acids is 1. The molecule has 0 aliphatic rings. The average molecular weight is 652 g/mol. The van der Waals surface area contributed by atoms with Crippen molar-refractivity contribution in [3.05, 3.63) is 94.8 Å². The molecule has 0 radical (unpaired) electrons. The highest BCUT2D eigenvalue weighted by molar-refractivity contribution is 6.14. The van der Waals surface area contributed by atoms with Gasteiger partial charge in [-0.1, -0.05) is 44.2 Å². The Morgan fingerprint density at radius 2 is 1.33 bits per heavy atom. The third-order valence-corrected chi connectivity index (χ3v) is 6.15. The Morgan fingerprint density at radius 3 is 1.83 bits per heavy atom. The maximum Gasteiger partial charge on any atom is 0.337 e. The van der Waals surface area contributed by atoms with Gasteiger partial charge in [0.2, 0.25) is 5.78 Å². The van der Waals surface area contributed by atoms with Crippen LogP contribution in [0.15, 0.2) is 55.3 Å². The van der Waals surface area contributed by atoms with Crippen LogP contribution < -0.4 is 0 Å². The van der Waals surface area contributed by atoms with E-state index in [0.29, 0.717) is 59.3 Å². The number of aliphatic hydroxyl groups excluding tert-OH is 1. The molecule has 9 nitrogen and oxygen atoms in total. The number of benzene rings is 2. The Morgan fingerprint density at radius 1 is 0.826 bits per heavy atom. The fraction of sp³-hybridized carbons (Fsp3) is 0.412. The van der Waals surface area contributed by atoms with Gasteiger partial charge in [-0.15, -0.1) is 6.58 Å². The molecule has 3 N–H and O–H groups in total. The normalized spacial score (nSPS) is 10.4. The Bertz CT molecular complexity index is 1330. The highest BCUT2D eigenvalue weighted by Gasteiger charge is 2.27. The van der Waals surface area contributed by atoms with Crippen molar-refractivity contribution in [3.8, 4) is 11.1 Å². The van der Waals surface area contributed by atoms with Crippen molar-refractivity contribution in [1.82, 2.24) is 4.98 Å². The van der Waals surface area contributed by atoms with Gasteiger partial charge < -0.3 is 34.1 Å². The third kappa shape index (κ3) is 13.3. The van der Waals surface area contributed by atoms with Crippen LogP contribution in [0.3, 0.4) is 0 Å². The standard InChI is InChI=1S/C29H33F2NO8.C3H5F.C2H6/c1-19-23(30)6-7-24(31)25(19)26-22(29(35)36)18-32-27(26)28(34)21-4-2-20(3-5-21)8-10-37-12-14-39-16-17-40-15-13-38-11-9-33;1-2-3-4;1-2/h2-7,18,32-33H,8-17H2,1H3,(H,35,36);2H,1,3H2;1-2H3.